The molecule has 0 aliphatic rings. The highest BCUT2D eigenvalue weighted by molar-refractivity contribution is 5.93. The van der Waals surface area contributed by atoms with Gasteiger partial charge in [0, 0.05) is 11.9 Å². The van der Waals surface area contributed by atoms with Crippen molar-refractivity contribution >= 4 is 28.9 Å². The number of carbonyl (C=O) groups is 1. The number of pyridine rings is 1. The van der Waals surface area contributed by atoms with Gasteiger partial charge in [-0.3, -0.25) is 20.6 Å². The number of anilines is 4. The molecule has 0 aliphatic heterocycles. The molecule has 0 fully saturated rings. The minimum absolute atomic E-state index is 0.278. The zero-order valence-corrected chi connectivity index (χ0v) is 13.5. The highest BCUT2D eigenvalue weighted by Gasteiger charge is 2.11. The Bertz CT molecular complexity index is 866. The molecule has 126 valence electrons. The summed E-state index contributed by atoms with van der Waals surface area (Å²) in [6.07, 6.45) is 2.89. The zero-order valence-electron chi connectivity index (χ0n) is 13.5. The molecule has 0 atom stereocenters. The van der Waals surface area contributed by atoms with Crippen LogP contribution in [0.2, 0.25) is 0 Å². The maximum absolute atomic E-state index is 12.0. The van der Waals surface area contributed by atoms with Gasteiger partial charge in [-0.2, -0.15) is 0 Å². The van der Waals surface area contributed by atoms with Crippen molar-refractivity contribution in [1.29, 1.82) is 0 Å². The van der Waals surface area contributed by atoms with Crippen LogP contribution < -0.4 is 21.9 Å². The largest absolute Gasteiger partial charge is 0.393 e. The number of hydrazine groups is 1. The van der Waals surface area contributed by atoms with Crippen LogP contribution >= 0.6 is 0 Å². The summed E-state index contributed by atoms with van der Waals surface area (Å²) in [6, 6.07) is 12.9. The summed E-state index contributed by atoms with van der Waals surface area (Å²) in [5, 5.41) is 3.12. The topological polar surface area (TPSA) is 118 Å². The first-order valence-electron chi connectivity index (χ1n) is 7.55. The highest BCUT2D eigenvalue weighted by atomic mass is 16.2. The Kier molecular flexibility index (Phi) is 4.70. The van der Waals surface area contributed by atoms with E-state index in [1.165, 1.54) is 12.5 Å². The van der Waals surface area contributed by atoms with Crippen molar-refractivity contribution in [2.24, 2.45) is 0 Å². The lowest BCUT2D eigenvalue weighted by molar-refractivity contribution is 0.0957. The second-order valence-corrected chi connectivity index (χ2v) is 5.27. The smallest absolute Gasteiger partial charge is 0.288 e. The minimum atomic E-state index is -0.397. The van der Waals surface area contributed by atoms with Gasteiger partial charge >= 0.3 is 0 Å². The van der Waals surface area contributed by atoms with Gasteiger partial charge in [-0.25, -0.2) is 9.97 Å². The molecule has 8 heteroatoms. The van der Waals surface area contributed by atoms with E-state index in [9.17, 15) is 4.79 Å². The van der Waals surface area contributed by atoms with E-state index < -0.39 is 5.91 Å². The molecule has 1 aromatic carbocycles. The molecule has 2 aromatic heterocycles. The van der Waals surface area contributed by atoms with E-state index >= 15 is 0 Å². The lowest BCUT2D eigenvalue weighted by Gasteiger charge is -2.13. The monoisotopic (exact) mass is 335 g/mol. The summed E-state index contributed by atoms with van der Waals surface area (Å²) < 4.78 is 0. The summed E-state index contributed by atoms with van der Waals surface area (Å²) >= 11 is 0. The third-order valence-corrected chi connectivity index (χ3v) is 3.39. The molecule has 0 radical (unpaired) electrons. The van der Waals surface area contributed by atoms with Crippen LogP contribution in [-0.4, -0.2) is 20.9 Å². The van der Waals surface area contributed by atoms with Gasteiger partial charge in [-0.15, -0.1) is 0 Å². The van der Waals surface area contributed by atoms with E-state index in [0.29, 0.717) is 5.82 Å². The molecule has 1 amide bonds. The first-order valence-corrected chi connectivity index (χ1v) is 7.55. The van der Waals surface area contributed by atoms with Gasteiger partial charge in [-0.05, 0) is 31.2 Å². The van der Waals surface area contributed by atoms with Crippen LogP contribution in [0.5, 0.6) is 0 Å². The number of aromatic nitrogens is 3. The van der Waals surface area contributed by atoms with Gasteiger partial charge in [0.15, 0.2) is 11.6 Å². The molecule has 5 N–H and O–H groups in total. The van der Waals surface area contributed by atoms with E-state index in [1.54, 1.807) is 18.2 Å². The summed E-state index contributed by atoms with van der Waals surface area (Å²) in [4.78, 5) is 24.1. The number of hydrogen-bond acceptors (Lipinski definition) is 7. The number of nitrogens with zero attached hydrogens (tertiary/aromatic N) is 3. The van der Waals surface area contributed by atoms with Crippen LogP contribution in [0.1, 0.15) is 16.1 Å². The summed E-state index contributed by atoms with van der Waals surface area (Å²) in [7, 11) is 0. The summed E-state index contributed by atoms with van der Waals surface area (Å²) in [5.41, 5.74) is 13.8. The van der Waals surface area contributed by atoms with E-state index in [0.717, 1.165) is 11.3 Å². The molecule has 8 nitrogen and oxygen atoms in total. The van der Waals surface area contributed by atoms with Gasteiger partial charge in [0.1, 0.15) is 17.7 Å². The normalized spacial score (nSPS) is 10.1. The number of hydrogen-bond donors (Lipinski definition) is 4. The first-order chi connectivity index (χ1) is 12.1. The lowest BCUT2D eigenvalue weighted by atomic mass is 10.2. The van der Waals surface area contributed by atoms with E-state index in [4.69, 9.17) is 5.73 Å². The number of amides is 1. The van der Waals surface area contributed by atoms with Crippen molar-refractivity contribution in [2.75, 3.05) is 16.5 Å². The molecule has 2 heterocycles. The molecule has 3 rings (SSSR count). The van der Waals surface area contributed by atoms with Gasteiger partial charge in [-0.1, -0.05) is 23.8 Å². The van der Waals surface area contributed by atoms with Crippen LogP contribution in [0.15, 0.2) is 55.0 Å². The average molecular weight is 335 g/mol. The number of aryl methyl sites for hydroxylation is 1. The van der Waals surface area contributed by atoms with Gasteiger partial charge < -0.3 is 11.1 Å². The van der Waals surface area contributed by atoms with E-state index in [-0.39, 0.29) is 17.2 Å². The SMILES string of the molecule is Cc1ccc(Nc2ncnc(NNC(=O)c3ccccn3)c2N)cc1. The molecule has 0 saturated carbocycles. The van der Waals surface area contributed by atoms with Gasteiger partial charge in [0.05, 0.1) is 0 Å². The molecule has 0 spiro atoms. The molecule has 0 bridgehead atoms. The summed E-state index contributed by atoms with van der Waals surface area (Å²) in [6.45, 7) is 2.01. The maximum atomic E-state index is 12.0. The molecular formula is C17H17N7O. The number of benzene rings is 1. The zero-order chi connectivity index (χ0) is 17.6. The number of nitrogen functional groups attached to an aromatic ring is 1. The van der Waals surface area contributed by atoms with E-state index in [1.807, 2.05) is 31.2 Å². The molecule has 0 unspecified atom stereocenters. The second kappa shape index (κ2) is 7.26. The highest BCUT2D eigenvalue weighted by Crippen LogP contribution is 2.25. The quantitative estimate of drug-likeness (QED) is 0.528. The Labute approximate surface area is 144 Å². The lowest BCUT2D eigenvalue weighted by Crippen LogP contribution is -2.31. The van der Waals surface area contributed by atoms with Crippen molar-refractivity contribution in [3.05, 3.63) is 66.2 Å². The van der Waals surface area contributed by atoms with Gasteiger partial charge in [0.25, 0.3) is 5.91 Å². The second-order valence-electron chi connectivity index (χ2n) is 5.27. The van der Waals surface area contributed by atoms with Crippen LogP contribution in [0, 0.1) is 6.92 Å². The maximum Gasteiger partial charge on any atom is 0.288 e. The Morgan fingerprint density at radius 2 is 1.76 bits per heavy atom. The minimum Gasteiger partial charge on any atom is -0.393 e. The van der Waals surface area contributed by atoms with Gasteiger partial charge in [0.2, 0.25) is 0 Å². The van der Waals surface area contributed by atoms with Crippen molar-refractivity contribution in [1.82, 2.24) is 20.4 Å². The Morgan fingerprint density at radius 1 is 1.00 bits per heavy atom. The average Bonchev–Trinajstić information content (AvgIpc) is 2.64. The van der Waals surface area contributed by atoms with Crippen molar-refractivity contribution < 1.29 is 4.79 Å². The first kappa shape index (κ1) is 16.2. The number of nitrogens with one attached hydrogen (secondary N) is 3. The predicted octanol–water partition coefficient (Wildman–Crippen LogP) is 2.26. The number of carbonyl (C=O) groups excluding carboxylic acids is 1. The number of rotatable bonds is 5. The Balaban J connectivity index is 1.70. The summed E-state index contributed by atoms with van der Waals surface area (Å²) in [5.74, 6) is 0.328. The fourth-order valence-electron chi connectivity index (χ4n) is 2.05. The van der Waals surface area contributed by atoms with Crippen LogP contribution in [0.25, 0.3) is 0 Å². The third kappa shape index (κ3) is 3.99. The molecule has 3 aromatic rings. The van der Waals surface area contributed by atoms with Crippen molar-refractivity contribution in [2.45, 2.75) is 6.92 Å². The molecule has 25 heavy (non-hydrogen) atoms. The Hall–Kier alpha value is -3.68. The molecule has 0 aliphatic carbocycles. The fourth-order valence-corrected chi connectivity index (χ4v) is 2.05. The number of nitrogens with two attached hydrogens (primary N) is 1. The van der Waals surface area contributed by atoms with Crippen LogP contribution in [0.3, 0.4) is 0 Å². The molecule has 0 saturated heterocycles. The molecular weight excluding hydrogens is 318 g/mol. The fraction of sp³-hybridized carbons (Fsp3) is 0.0588. The van der Waals surface area contributed by atoms with Crippen molar-refractivity contribution in [3.8, 4) is 0 Å². The standard InChI is InChI=1S/C17H17N7O/c1-11-5-7-12(8-6-11)22-15-14(18)16(21-10-20-15)23-24-17(25)13-4-2-3-9-19-13/h2-10H,18H2,1H3,(H,24,25)(H2,20,21,22,23). The Morgan fingerprint density at radius 3 is 2.48 bits per heavy atom. The van der Waals surface area contributed by atoms with Crippen LogP contribution in [-0.2, 0) is 0 Å². The predicted molar refractivity (Wildman–Crippen MR) is 96.2 cm³/mol. The van der Waals surface area contributed by atoms with Crippen molar-refractivity contribution in [3.63, 3.8) is 0 Å². The van der Waals surface area contributed by atoms with Crippen LogP contribution in [0.4, 0.5) is 23.0 Å². The van der Waals surface area contributed by atoms with E-state index in [2.05, 4.69) is 31.1 Å². The third-order valence-electron chi connectivity index (χ3n) is 3.39.